The number of anilines is 1. The van der Waals surface area contributed by atoms with Crippen LogP contribution in [0.4, 0.5) is 5.69 Å². The number of aromatic nitrogens is 2. The predicted octanol–water partition coefficient (Wildman–Crippen LogP) is -3.02. The average molecular weight is 368 g/mol. The maximum Gasteiger partial charge on any atom is 0.233 e. The van der Waals surface area contributed by atoms with E-state index in [0.717, 1.165) is 27.8 Å². The van der Waals surface area contributed by atoms with Crippen molar-refractivity contribution in [2.24, 2.45) is 0 Å². The summed E-state index contributed by atoms with van der Waals surface area (Å²) in [6.45, 7) is 0.677. The molecule has 134 valence electrons. The summed E-state index contributed by atoms with van der Waals surface area (Å²) < 4.78 is 36.1. The summed E-state index contributed by atoms with van der Waals surface area (Å²) in [4.78, 5) is 6.77. The Morgan fingerprint density at radius 2 is 1.60 bits per heavy atom. The van der Waals surface area contributed by atoms with Crippen molar-refractivity contribution in [2.45, 2.75) is 6.54 Å². The number of aliphatic hydroxyl groups is 1. The second-order valence-corrected chi connectivity index (χ2v) is 6.18. The molecule has 0 saturated heterocycles. The number of halogens is 1. The third-order valence-electron chi connectivity index (χ3n) is 3.50. The molecule has 25 heavy (non-hydrogen) atoms. The van der Waals surface area contributed by atoms with E-state index in [4.69, 9.17) is 23.6 Å². The Bertz CT molecular complexity index is 861. The minimum absolute atomic E-state index is 0.111. The number of hydrogen-bond acceptors (Lipinski definition) is 7. The molecule has 0 radical (unpaired) electrons. The van der Waals surface area contributed by atoms with Gasteiger partial charge >= 0.3 is 0 Å². The van der Waals surface area contributed by atoms with Gasteiger partial charge in [0.15, 0.2) is 6.54 Å². The number of para-hydroxylation sites is 2. The molecule has 1 N–H and O–H groups in total. The minimum atomic E-state index is -4.94. The van der Waals surface area contributed by atoms with Crippen molar-refractivity contribution in [1.29, 1.82) is 0 Å². The van der Waals surface area contributed by atoms with Gasteiger partial charge in [0.05, 0.1) is 0 Å². The Morgan fingerprint density at radius 3 is 2.20 bits per heavy atom. The molecule has 8 nitrogen and oxygen atoms in total. The van der Waals surface area contributed by atoms with E-state index in [-0.39, 0.29) is 6.61 Å². The Kier molecular flexibility index (Phi) is 6.07. The van der Waals surface area contributed by atoms with E-state index in [1.807, 2.05) is 44.4 Å². The van der Waals surface area contributed by atoms with Crippen molar-refractivity contribution in [3.8, 4) is 0 Å². The van der Waals surface area contributed by atoms with Gasteiger partial charge in [0.25, 0.3) is 0 Å². The summed E-state index contributed by atoms with van der Waals surface area (Å²) in [6, 6.07) is 14.2. The monoisotopic (exact) mass is 367 g/mol. The van der Waals surface area contributed by atoms with Crippen LogP contribution in [0.1, 0.15) is 0 Å². The molecule has 1 heterocycles. The molecule has 0 fully saturated rings. The largest absolute Gasteiger partial charge is 0.390 e. The van der Waals surface area contributed by atoms with Gasteiger partial charge in [-0.1, -0.05) is 12.1 Å². The van der Waals surface area contributed by atoms with Gasteiger partial charge in [0.1, 0.15) is 17.6 Å². The van der Waals surface area contributed by atoms with Crippen LogP contribution < -0.4 is 28.1 Å². The van der Waals surface area contributed by atoms with E-state index in [0.29, 0.717) is 6.54 Å². The molecule has 0 aliphatic carbocycles. The van der Waals surface area contributed by atoms with Gasteiger partial charge in [-0.15, -0.1) is 10.2 Å². The van der Waals surface area contributed by atoms with Crippen LogP contribution in [-0.4, -0.2) is 30.8 Å². The lowest BCUT2D eigenvalue weighted by molar-refractivity contribution is -2.00. The topological polar surface area (TPSA) is 132 Å². The highest BCUT2D eigenvalue weighted by atomic mass is 35.7. The first-order valence-corrected chi connectivity index (χ1v) is 8.56. The molecule has 2 aromatic carbocycles. The van der Waals surface area contributed by atoms with Crippen LogP contribution in [0, 0.1) is 10.2 Å². The summed E-state index contributed by atoms with van der Waals surface area (Å²) >= 11 is 0. The fourth-order valence-electron chi connectivity index (χ4n) is 2.49. The molecule has 0 aliphatic rings. The SMILES string of the molecule is CN(C)c1ccc2nc3ccccc3[n+](CCO)c2c1.[O-][Cl+3]([O-])([O-])[O-]. The lowest BCUT2D eigenvalue weighted by Gasteiger charge is -2.17. The summed E-state index contributed by atoms with van der Waals surface area (Å²) in [5, 5.41) is 9.37. The molecule has 0 unspecified atom stereocenters. The van der Waals surface area contributed by atoms with Crippen molar-refractivity contribution in [2.75, 3.05) is 25.6 Å². The maximum absolute atomic E-state index is 9.37. The first-order valence-electron chi connectivity index (χ1n) is 7.33. The zero-order valence-corrected chi connectivity index (χ0v) is 14.5. The fourth-order valence-corrected chi connectivity index (χ4v) is 2.49. The van der Waals surface area contributed by atoms with Gasteiger partial charge in [-0.05, 0) is 18.2 Å². The number of hydrogen-bond donors (Lipinski definition) is 1. The first kappa shape index (κ1) is 19.3. The Hall–Kier alpha value is -2.07. The average Bonchev–Trinajstić information content (AvgIpc) is 2.52. The number of fused-ring (bicyclic) bond motifs is 2. The van der Waals surface area contributed by atoms with Crippen LogP contribution in [0.25, 0.3) is 22.1 Å². The van der Waals surface area contributed by atoms with Crippen molar-refractivity contribution in [1.82, 2.24) is 4.98 Å². The Labute approximate surface area is 146 Å². The van der Waals surface area contributed by atoms with E-state index >= 15 is 0 Å². The van der Waals surface area contributed by atoms with E-state index in [2.05, 4.69) is 21.6 Å². The van der Waals surface area contributed by atoms with Crippen molar-refractivity contribution in [3.05, 3.63) is 42.5 Å². The van der Waals surface area contributed by atoms with Crippen LogP contribution in [0.3, 0.4) is 0 Å². The lowest BCUT2D eigenvalue weighted by Crippen LogP contribution is -2.68. The molecular weight excluding hydrogens is 350 g/mol. The molecule has 0 amide bonds. The zero-order valence-electron chi connectivity index (χ0n) is 13.8. The Morgan fingerprint density at radius 1 is 1.00 bits per heavy atom. The molecule has 9 heteroatoms. The van der Waals surface area contributed by atoms with Crippen LogP contribution >= 0.6 is 0 Å². The number of nitrogens with zero attached hydrogens (tertiary/aromatic N) is 3. The highest BCUT2D eigenvalue weighted by Crippen LogP contribution is 2.19. The molecule has 0 atom stereocenters. The third kappa shape index (κ3) is 5.20. The first-order chi connectivity index (χ1) is 11.7. The standard InChI is InChI=1S/C16H18N3O.ClHO4/c1-18(2)12-7-8-14-16(11-12)19(9-10-20)15-6-4-3-5-13(15)17-14;2-1(3,4)5/h3-8,11,20H,9-10H2,1-2H3;(H,2,3,4,5)/q+1;/p-1. The summed E-state index contributed by atoms with van der Waals surface area (Å²) in [6.07, 6.45) is 0. The molecule has 0 spiro atoms. The number of rotatable bonds is 3. The van der Waals surface area contributed by atoms with E-state index in [1.165, 1.54) is 0 Å². The van der Waals surface area contributed by atoms with Gasteiger partial charge < -0.3 is 10.0 Å². The van der Waals surface area contributed by atoms with E-state index in [9.17, 15) is 5.11 Å². The lowest BCUT2D eigenvalue weighted by atomic mass is 10.2. The number of aliphatic hydroxyl groups excluding tert-OH is 1. The summed E-state index contributed by atoms with van der Waals surface area (Å²) in [5.41, 5.74) is 5.11. The molecule has 3 rings (SSSR count). The second-order valence-electron chi connectivity index (χ2n) is 5.42. The van der Waals surface area contributed by atoms with Gasteiger partial charge in [0.2, 0.25) is 11.0 Å². The molecular formula is C16H18ClN3O5. The quantitative estimate of drug-likeness (QED) is 0.385. The highest BCUT2D eigenvalue weighted by molar-refractivity contribution is 5.83. The van der Waals surface area contributed by atoms with E-state index in [1.54, 1.807) is 0 Å². The van der Waals surface area contributed by atoms with Crippen molar-refractivity contribution in [3.63, 3.8) is 0 Å². The van der Waals surface area contributed by atoms with Crippen LogP contribution in [-0.2, 0) is 6.54 Å². The Balaban J connectivity index is 0.000000399. The van der Waals surface area contributed by atoms with Gasteiger partial charge in [-0.2, -0.15) is 4.57 Å². The van der Waals surface area contributed by atoms with Crippen LogP contribution in [0.5, 0.6) is 0 Å². The molecule has 0 bridgehead atoms. The van der Waals surface area contributed by atoms with Gasteiger partial charge in [0, 0.05) is 31.9 Å². The number of benzene rings is 2. The van der Waals surface area contributed by atoms with Crippen molar-refractivity contribution >= 4 is 27.8 Å². The fraction of sp³-hybridized carbons (Fsp3) is 0.250. The van der Waals surface area contributed by atoms with Gasteiger partial charge in [-0.3, -0.25) is 0 Å². The molecule has 1 aromatic heterocycles. The normalized spacial score (nSPS) is 11.3. The predicted molar refractivity (Wildman–Crippen MR) is 80.9 cm³/mol. The molecule has 3 aromatic rings. The smallest absolute Gasteiger partial charge is 0.233 e. The summed E-state index contributed by atoms with van der Waals surface area (Å²) in [5.74, 6) is 0. The maximum atomic E-state index is 9.37. The third-order valence-corrected chi connectivity index (χ3v) is 3.50. The molecule has 0 aliphatic heterocycles. The zero-order chi connectivity index (χ0) is 18.6. The van der Waals surface area contributed by atoms with E-state index < -0.39 is 10.2 Å². The molecule has 0 saturated carbocycles. The van der Waals surface area contributed by atoms with Crippen molar-refractivity contribution < 1.29 is 38.6 Å². The second kappa shape index (κ2) is 7.87. The minimum Gasteiger partial charge on any atom is -0.390 e. The van der Waals surface area contributed by atoms with Crippen LogP contribution in [0.2, 0.25) is 0 Å². The highest BCUT2D eigenvalue weighted by Gasteiger charge is 2.16. The van der Waals surface area contributed by atoms with Crippen LogP contribution in [0.15, 0.2) is 42.5 Å². The van der Waals surface area contributed by atoms with Gasteiger partial charge in [-0.25, -0.2) is 23.6 Å². The summed E-state index contributed by atoms with van der Waals surface area (Å²) in [7, 11) is -0.905.